The Hall–Kier alpha value is -2.75. The molecule has 33 heavy (non-hydrogen) atoms. The molecule has 0 aromatic heterocycles. The Morgan fingerprint density at radius 3 is 2.48 bits per heavy atom. The average Bonchev–Trinajstić information content (AvgIpc) is 2.80. The lowest BCUT2D eigenvalue weighted by molar-refractivity contribution is -0.137. The van der Waals surface area contributed by atoms with Gasteiger partial charge in [0.15, 0.2) is 0 Å². The monoisotopic (exact) mass is 484 g/mol. The normalized spacial score (nSPS) is 16.2. The molecular formula is C23H27F3N2O4S. The first kappa shape index (κ1) is 24.9. The molecule has 0 saturated carbocycles. The molecule has 2 aromatic rings. The van der Waals surface area contributed by atoms with E-state index < -0.39 is 32.1 Å². The Labute approximate surface area is 191 Å². The van der Waals surface area contributed by atoms with Gasteiger partial charge in [-0.25, -0.2) is 8.42 Å². The van der Waals surface area contributed by atoms with E-state index in [-0.39, 0.29) is 18.2 Å². The number of ether oxygens (including phenoxy) is 1. The van der Waals surface area contributed by atoms with Crippen LogP contribution in [0.2, 0.25) is 0 Å². The van der Waals surface area contributed by atoms with Crippen LogP contribution in [0, 0.1) is 11.3 Å². The quantitative estimate of drug-likeness (QED) is 0.604. The number of hydrogen-bond acceptors (Lipinski definition) is 4. The molecule has 0 spiro atoms. The molecule has 10 heteroatoms. The first-order chi connectivity index (χ1) is 15.2. The van der Waals surface area contributed by atoms with Crippen LogP contribution < -0.4 is 14.4 Å². The summed E-state index contributed by atoms with van der Waals surface area (Å²) < 4.78 is 72.6. The Kier molecular flexibility index (Phi) is 6.70. The fourth-order valence-electron chi connectivity index (χ4n) is 3.37. The van der Waals surface area contributed by atoms with E-state index in [1.807, 2.05) is 0 Å². The lowest BCUT2D eigenvalue weighted by Crippen LogP contribution is -2.42. The van der Waals surface area contributed by atoms with Crippen molar-refractivity contribution in [1.29, 1.82) is 0 Å². The van der Waals surface area contributed by atoms with E-state index >= 15 is 0 Å². The first-order valence-electron chi connectivity index (χ1n) is 10.5. The maximum Gasteiger partial charge on any atom is 0.416 e. The fraction of sp³-hybridized carbons (Fsp3) is 0.435. The number of amides is 1. The molecule has 1 N–H and O–H groups in total. The van der Waals surface area contributed by atoms with Crippen molar-refractivity contribution in [1.82, 2.24) is 0 Å². The molecule has 1 aliphatic rings. The molecule has 0 bridgehead atoms. The van der Waals surface area contributed by atoms with Crippen LogP contribution in [0.25, 0.3) is 0 Å². The number of rotatable bonds is 6. The van der Waals surface area contributed by atoms with Crippen molar-refractivity contribution in [2.24, 2.45) is 11.3 Å². The van der Waals surface area contributed by atoms with Gasteiger partial charge in [0.1, 0.15) is 12.4 Å². The minimum atomic E-state index is -4.66. The van der Waals surface area contributed by atoms with Crippen molar-refractivity contribution in [2.45, 2.75) is 45.2 Å². The number of fused-ring (bicyclic) bond motifs is 1. The number of hydrogen-bond donors (Lipinski definition) is 1. The summed E-state index contributed by atoms with van der Waals surface area (Å²) in [6.45, 7) is 8.24. The Balaban J connectivity index is 1.94. The fourth-order valence-corrected chi connectivity index (χ4v) is 4.47. The van der Waals surface area contributed by atoms with E-state index in [0.717, 1.165) is 24.6 Å². The van der Waals surface area contributed by atoms with Crippen LogP contribution in [0.15, 0.2) is 47.4 Å². The van der Waals surface area contributed by atoms with Gasteiger partial charge in [-0.2, -0.15) is 13.2 Å². The summed E-state index contributed by atoms with van der Waals surface area (Å²) in [4.78, 5) is 14.2. The molecule has 180 valence electrons. The van der Waals surface area contributed by atoms with Crippen molar-refractivity contribution in [3.05, 3.63) is 48.0 Å². The second kappa shape index (κ2) is 8.89. The topological polar surface area (TPSA) is 75.7 Å². The number of alkyl halides is 3. The first-order valence-corrected chi connectivity index (χ1v) is 12.0. The summed E-state index contributed by atoms with van der Waals surface area (Å²) in [6, 6.07) is 8.00. The minimum absolute atomic E-state index is 0.0980. The molecule has 1 aliphatic heterocycles. The molecule has 0 unspecified atom stereocenters. The van der Waals surface area contributed by atoms with E-state index in [2.05, 4.69) is 18.6 Å². The Morgan fingerprint density at radius 2 is 1.85 bits per heavy atom. The molecule has 0 aliphatic carbocycles. The molecule has 1 amide bonds. The van der Waals surface area contributed by atoms with E-state index in [1.54, 1.807) is 24.8 Å². The molecule has 0 fully saturated rings. The molecule has 2 aromatic carbocycles. The van der Waals surface area contributed by atoms with Crippen LogP contribution in [0.5, 0.6) is 5.75 Å². The lowest BCUT2D eigenvalue weighted by atomic mass is 9.92. The summed E-state index contributed by atoms with van der Waals surface area (Å²) in [5, 5.41) is 0. The standard InChI is InChI=1S/C23H27F3N2O4S/c1-15(2)10-11-28-19-9-8-17(13-20(19)32-14-22(3,4)21(28)29)27-33(30,31)18-7-5-6-16(12-18)23(24,25)26/h5-9,12-13,15,27H,10-11,14H2,1-4H3. The van der Waals surface area contributed by atoms with Crippen molar-refractivity contribution in [2.75, 3.05) is 22.8 Å². The van der Waals surface area contributed by atoms with E-state index in [1.165, 1.54) is 12.1 Å². The maximum atomic E-state index is 13.1. The van der Waals surface area contributed by atoms with Crippen molar-refractivity contribution in [3.63, 3.8) is 0 Å². The van der Waals surface area contributed by atoms with Crippen LogP contribution in [0.3, 0.4) is 0 Å². The van der Waals surface area contributed by atoms with E-state index in [0.29, 0.717) is 30.0 Å². The maximum absolute atomic E-state index is 13.1. The summed E-state index contributed by atoms with van der Waals surface area (Å²) >= 11 is 0. The number of carbonyl (C=O) groups is 1. The molecule has 1 heterocycles. The summed E-state index contributed by atoms with van der Waals surface area (Å²) in [6.07, 6.45) is -3.90. The van der Waals surface area contributed by atoms with Gasteiger partial charge in [-0.1, -0.05) is 19.9 Å². The summed E-state index contributed by atoms with van der Waals surface area (Å²) in [5.41, 5.74) is -1.21. The summed E-state index contributed by atoms with van der Waals surface area (Å²) in [7, 11) is -4.29. The molecule has 0 atom stereocenters. The number of benzene rings is 2. The highest BCUT2D eigenvalue weighted by molar-refractivity contribution is 7.92. The second-order valence-corrected chi connectivity index (χ2v) is 10.8. The Morgan fingerprint density at radius 1 is 1.15 bits per heavy atom. The number of nitrogens with zero attached hydrogens (tertiary/aromatic N) is 1. The number of halogens is 3. The van der Waals surface area contributed by atoms with Gasteiger partial charge >= 0.3 is 6.18 Å². The predicted molar refractivity (Wildman–Crippen MR) is 120 cm³/mol. The van der Waals surface area contributed by atoms with Gasteiger partial charge in [0.25, 0.3) is 10.0 Å². The third-order valence-electron chi connectivity index (χ3n) is 5.32. The highest BCUT2D eigenvalue weighted by atomic mass is 32.2. The SMILES string of the molecule is CC(C)CCN1C(=O)C(C)(C)COc2cc(NS(=O)(=O)c3cccc(C(F)(F)F)c3)ccc21. The molecule has 6 nitrogen and oxygen atoms in total. The third kappa shape index (κ3) is 5.61. The zero-order valence-corrected chi connectivity index (χ0v) is 19.7. The highest BCUT2D eigenvalue weighted by Crippen LogP contribution is 2.39. The number of sulfonamides is 1. The highest BCUT2D eigenvalue weighted by Gasteiger charge is 2.38. The van der Waals surface area contributed by atoms with Crippen LogP contribution in [0.4, 0.5) is 24.5 Å². The van der Waals surface area contributed by atoms with E-state index in [9.17, 15) is 26.4 Å². The van der Waals surface area contributed by atoms with Crippen molar-refractivity contribution in [3.8, 4) is 5.75 Å². The zero-order valence-electron chi connectivity index (χ0n) is 18.9. The molecule has 0 saturated heterocycles. The smallest absolute Gasteiger partial charge is 0.416 e. The largest absolute Gasteiger partial charge is 0.490 e. The third-order valence-corrected chi connectivity index (χ3v) is 6.70. The van der Waals surface area contributed by atoms with Gasteiger partial charge in [0.05, 0.1) is 27.2 Å². The van der Waals surface area contributed by atoms with Gasteiger partial charge in [-0.15, -0.1) is 0 Å². The molecule has 0 radical (unpaired) electrons. The number of nitrogens with one attached hydrogen (secondary N) is 1. The zero-order chi connectivity index (χ0) is 24.6. The molecule has 3 rings (SSSR count). The Bertz CT molecular complexity index is 1140. The second-order valence-electron chi connectivity index (χ2n) is 9.13. The van der Waals surface area contributed by atoms with Gasteiger partial charge in [0.2, 0.25) is 5.91 Å². The number of carbonyl (C=O) groups excluding carboxylic acids is 1. The minimum Gasteiger partial charge on any atom is -0.490 e. The van der Waals surface area contributed by atoms with Gasteiger partial charge in [0, 0.05) is 12.6 Å². The van der Waals surface area contributed by atoms with Crippen LogP contribution >= 0.6 is 0 Å². The molecular weight excluding hydrogens is 457 g/mol. The van der Waals surface area contributed by atoms with Gasteiger partial charge in [-0.05, 0) is 56.5 Å². The van der Waals surface area contributed by atoms with Gasteiger partial charge in [-0.3, -0.25) is 9.52 Å². The van der Waals surface area contributed by atoms with E-state index in [4.69, 9.17) is 4.74 Å². The van der Waals surface area contributed by atoms with Crippen molar-refractivity contribution < 1.29 is 31.1 Å². The summed E-state index contributed by atoms with van der Waals surface area (Å²) in [5.74, 6) is 0.591. The lowest BCUT2D eigenvalue weighted by Gasteiger charge is -2.28. The van der Waals surface area contributed by atoms with Crippen LogP contribution in [-0.2, 0) is 21.0 Å². The number of anilines is 2. The average molecular weight is 485 g/mol. The van der Waals surface area contributed by atoms with Crippen molar-refractivity contribution >= 4 is 27.3 Å². The van der Waals surface area contributed by atoms with Gasteiger partial charge < -0.3 is 9.64 Å². The predicted octanol–water partition coefficient (Wildman–Crippen LogP) is 5.30. The van der Waals surface area contributed by atoms with Crippen LogP contribution in [-0.4, -0.2) is 27.5 Å². The van der Waals surface area contributed by atoms with Crippen LogP contribution in [0.1, 0.15) is 39.7 Å².